The van der Waals surface area contributed by atoms with Crippen LogP contribution in [-0.2, 0) is 0 Å². The van der Waals surface area contributed by atoms with E-state index < -0.39 is 0 Å². The molecule has 0 aliphatic carbocycles. The molecule has 0 atom stereocenters. The first kappa shape index (κ1) is 13.0. The number of benzene rings is 2. The summed E-state index contributed by atoms with van der Waals surface area (Å²) in [6.07, 6.45) is 0. The second-order valence-corrected chi connectivity index (χ2v) is 5.31. The lowest BCUT2D eigenvalue weighted by molar-refractivity contribution is 0.416. The van der Waals surface area contributed by atoms with Crippen LogP contribution in [0.2, 0.25) is 0 Å². The molecule has 0 bridgehead atoms. The van der Waals surface area contributed by atoms with E-state index in [0.717, 1.165) is 26.4 Å². The number of methoxy groups -OCH3 is 1. The van der Waals surface area contributed by atoms with Gasteiger partial charge in [-0.3, -0.25) is 0 Å². The first-order valence-corrected chi connectivity index (χ1v) is 6.64. The average Bonchev–Trinajstić information content (AvgIpc) is 2.33. The number of anilines is 3. The van der Waals surface area contributed by atoms with Gasteiger partial charge >= 0.3 is 0 Å². The van der Waals surface area contributed by atoms with Crippen molar-refractivity contribution >= 4 is 39.7 Å². The Balaban J connectivity index is 2.36. The molecule has 94 valence electrons. The van der Waals surface area contributed by atoms with Crippen molar-refractivity contribution in [3.63, 3.8) is 0 Å². The van der Waals surface area contributed by atoms with Crippen LogP contribution in [0.4, 0.5) is 17.1 Å². The summed E-state index contributed by atoms with van der Waals surface area (Å²) in [7, 11) is 1.66. The number of nitrogens with two attached hydrogens (primary N) is 1. The molecule has 0 amide bonds. The highest BCUT2D eigenvalue weighted by Crippen LogP contribution is 2.31. The molecular formula is C14H15IN2O. The van der Waals surface area contributed by atoms with Crippen LogP contribution in [0.5, 0.6) is 5.75 Å². The number of rotatable bonds is 3. The third-order valence-electron chi connectivity index (χ3n) is 2.64. The van der Waals surface area contributed by atoms with Crippen LogP contribution >= 0.6 is 22.6 Å². The predicted octanol–water partition coefficient (Wildman–Crippen LogP) is 3.93. The molecule has 3 N–H and O–H groups in total. The van der Waals surface area contributed by atoms with Crippen LogP contribution in [-0.4, -0.2) is 7.11 Å². The minimum absolute atomic E-state index is 0.727. The van der Waals surface area contributed by atoms with Gasteiger partial charge in [-0.05, 0) is 65.4 Å². The third-order valence-corrected chi connectivity index (χ3v) is 3.31. The van der Waals surface area contributed by atoms with Gasteiger partial charge in [0.2, 0.25) is 0 Å². The normalized spacial score (nSPS) is 10.2. The molecule has 0 radical (unpaired) electrons. The fraction of sp³-hybridized carbons (Fsp3) is 0.143. The first-order valence-electron chi connectivity index (χ1n) is 5.57. The fourth-order valence-corrected chi connectivity index (χ4v) is 2.23. The third kappa shape index (κ3) is 2.87. The van der Waals surface area contributed by atoms with Crippen LogP contribution in [0.15, 0.2) is 36.4 Å². The van der Waals surface area contributed by atoms with Crippen molar-refractivity contribution in [1.29, 1.82) is 0 Å². The van der Waals surface area contributed by atoms with E-state index >= 15 is 0 Å². The topological polar surface area (TPSA) is 47.3 Å². The summed E-state index contributed by atoms with van der Waals surface area (Å²) < 4.78 is 6.45. The van der Waals surface area contributed by atoms with Crippen molar-refractivity contribution in [1.82, 2.24) is 0 Å². The van der Waals surface area contributed by atoms with Crippen molar-refractivity contribution in [2.75, 3.05) is 18.2 Å². The van der Waals surface area contributed by atoms with E-state index in [2.05, 4.69) is 27.9 Å². The minimum Gasteiger partial charge on any atom is -0.495 e. The van der Waals surface area contributed by atoms with E-state index in [1.807, 2.05) is 43.3 Å². The largest absolute Gasteiger partial charge is 0.495 e. The van der Waals surface area contributed by atoms with Gasteiger partial charge in [-0.2, -0.15) is 0 Å². The van der Waals surface area contributed by atoms with Crippen LogP contribution in [0, 0.1) is 10.5 Å². The Labute approximate surface area is 120 Å². The van der Waals surface area contributed by atoms with Crippen molar-refractivity contribution in [2.45, 2.75) is 6.92 Å². The Kier molecular flexibility index (Phi) is 3.96. The van der Waals surface area contributed by atoms with E-state index in [1.165, 1.54) is 5.56 Å². The lowest BCUT2D eigenvalue weighted by atomic mass is 10.2. The average molecular weight is 354 g/mol. The van der Waals surface area contributed by atoms with Gasteiger partial charge in [-0.1, -0.05) is 6.07 Å². The molecule has 0 spiro atoms. The molecule has 0 fully saturated rings. The second-order valence-electron chi connectivity index (χ2n) is 4.06. The molecule has 0 saturated carbocycles. The Bertz CT molecular complexity index is 570. The van der Waals surface area contributed by atoms with E-state index in [1.54, 1.807) is 7.11 Å². The lowest BCUT2D eigenvalue weighted by Crippen LogP contribution is -1.99. The number of halogens is 1. The smallest absolute Gasteiger partial charge is 0.142 e. The Morgan fingerprint density at radius 2 is 1.89 bits per heavy atom. The van der Waals surface area contributed by atoms with Gasteiger partial charge < -0.3 is 15.8 Å². The maximum absolute atomic E-state index is 5.99. The van der Waals surface area contributed by atoms with E-state index in [-0.39, 0.29) is 0 Å². The van der Waals surface area contributed by atoms with Gasteiger partial charge in [0.1, 0.15) is 5.75 Å². The molecule has 0 unspecified atom stereocenters. The predicted molar refractivity (Wildman–Crippen MR) is 84.6 cm³/mol. The Hall–Kier alpha value is -1.43. The van der Waals surface area contributed by atoms with E-state index in [9.17, 15) is 0 Å². The molecule has 2 aromatic carbocycles. The molecule has 4 heteroatoms. The van der Waals surface area contributed by atoms with Gasteiger partial charge in [0.15, 0.2) is 0 Å². The number of hydrogen-bond donors (Lipinski definition) is 2. The molecule has 18 heavy (non-hydrogen) atoms. The summed E-state index contributed by atoms with van der Waals surface area (Å²) in [5.41, 5.74) is 9.70. The second kappa shape index (κ2) is 5.48. The molecular weight excluding hydrogens is 339 g/mol. The minimum atomic E-state index is 0.727. The van der Waals surface area contributed by atoms with Gasteiger partial charge in [0.25, 0.3) is 0 Å². The number of nitrogens with one attached hydrogen (secondary N) is 1. The molecule has 2 aromatic rings. The summed E-state index contributed by atoms with van der Waals surface area (Å²) >= 11 is 2.24. The lowest BCUT2D eigenvalue weighted by Gasteiger charge is -2.13. The zero-order valence-corrected chi connectivity index (χ0v) is 12.5. The number of nitrogen functional groups attached to an aromatic ring is 1. The van der Waals surface area contributed by atoms with Gasteiger partial charge in [-0.15, -0.1) is 0 Å². The zero-order valence-electron chi connectivity index (χ0n) is 10.3. The first-order chi connectivity index (χ1) is 8.60. The molecule has 2 rings (SSSR count). The van der Waals surface area contributed by atoms with Crippen molar-refractivity contribution in [2.24, 2.45) is 0 Å². The van der Waals surface area contributed by atoms with Crippen molar-refractivity contribution in [3.8, 4) is 5.75 Å². The number of hydrogen-bond acceptors (Lipinski definition) is 3. The van der Waals surface area contributed by atoms with Gasteiger partial charge in [-0.25, -0.2) is 0 Å². The Morgan fingerprint density at radius 3 is 2.56 bits per heavy atom. The van der Waals surface area contributed by atoms with Crippen LogP contribution < -0.4 is 15.8 Å². The number of aryl methyl sites for hydroxylation is 1. The van der Waals surface area contributed by atoms with Crippen molar-refractivity contribution < 1.29 is 4.74 Å². The highest BCUT2D eigenvalue weighted by atomic mass is 127. The molecule has 0 aromatic heterocycles. The molecule has 3 nitrogen and oxygen atoms in total. The van der Waals surface area contributed by atoms with Gasteiger partial charge in [0, 0.05) is 3.57 Å². The zero-order chi connectivity index (χ0) is 13.1. The van der Waals surface area contributed by atoms with Gasteiger partial charge in [0.05, 0.1) is 24.2 Å². The monoisotopic (exact) mass is 354 g/mol. The summed E-state index contributed by atoms with van der Waals surface area (Å²) in [5.74, 6) is 0.804. The Morgan fingerprint density at radius 1 is 1.11 bits per heavy atom. The number of ether oxygens (including phenoxy) is 1. The van der Waals surface area contributed by atoms with Crippen LogP contribution in [0.1, 0.15) is 5.56 Å². The van der Waals surface area contributed by atoms with Crippen LogP contribution in [0.3, 0.4) is 0 Å². The SMILES string of the molecule is COc1ccc(C)cc1Nc1ccc(I)cc1N. The van der Waals surface area contributed by atoms with E-state index in [0.29, 0.717) is 0 Å². The molecule has 0 heterocycles. The van der Waals surface area contributed by atoms with E-state index in [4.69, 9.17) is 10.5 Å². The summed E-state index contributed by atoms with van der Waals surface area (Å²) in [6.45, 7) is 2.04. The maximum atomic E-state index is 5.99. The fourth-order valence-electron chi connectivity index (χ4n) is 1.71. The summed E-state index contributed by atoms with van der Waals surface area (Å²) in [4.78, 5) is 0. The molecule has 0 saturated heterocycles. The molecule has 0 aliphatic heterocycles. The summed E-state index contributed by atoms with van der Waals surface area (Å²) in [5, 5.41) is 3.31. The van der Waals surface area contributed by atoms with Crippen molar-refractivity contribution in [3.05, 3.63) is 45.5 Å². The standard InChI is InChI=1S/C14H15IN2O/c1-9-3-6-14(18-2)13(7-9)17-12-5-4-10(15)8-11(12)16/h3-8,17H,16H2,1-2H3. The van der Waals surface area contributed by atoms with Crippen LogP contribution in [0.25, 0.3) is 0 Å². The highest BCUT2D eigenvalue weighted by molar-refractivity contribution is 14.1. The maximum Gasteiger partial charge on any atom is 0.142 e. The summed E-state index contributed by atoms with van der Waals surface area (Å²) in [6, 6.07) is 11.9. The highest BCUT2D eigenvalue weighted by Gasteiger charge is 2.06. The quantitative estimate of drug-likeness (QED) is 0.649. The molecule has 0 aliphatic rings.